The Balaban J connectivity index is 1.61. The maximum Gasteiger partial charge on any atom is 0.320 e. The van der Waals surface area contributed by atoms with Crippen molar-refractivity contribution >= 4 is 101 Å². The predicted octanol–water partition coefficient (Wildman–Crippen LogP) is -23.2. The van der Waals surface area contributed by atoms with Crippen molar-refractivity contribution in [3.8, 4) is 0 Å². The van der Waals surface area contributed by atoms with Gasteiger partial charge in [-0.25, -0.2) is 0 Å². The van der Waals surface area contributed by atoms with Crippen LogP contribution in [-0.4, -0.2) is 584 Å². The molecule has 0 spiro atoms. The first kappa shape index (κ1) is 117. The summed E-state index contributed by atoms with van der Waals surface area (Å²) in [6.07, 6.45) is 1.77. The average Bonchev–Trinajstić information content (AvgIpc) is 0.885. The highest BCUT2D eigenvalue weighted by Crippen LogP contribution is 2.15. The molecule has 0 bridgehead atoms. The molecule has 4 aliphatic heterocycles. The largest absolute Gasteiger partial charge is 0.549 e. The highest BCUT2D eigenvalue weighted by molar-refractivity contribution is 5.80. The number of carbonyl (C=O) groups excluding carboxylic acids is 14. The molecule has 0 aromatic carbocycles. The standard InChI is InChI=1S/C82H146N22O30/c105-66(49-88-17-25-92(53-70(109)110)33-41-100(61-78(125)126)42-34-93(26-18-88)54-71(111)112)83-8-3-13-87(14-4-9-84-67(106)50-89-19-27-94(55-72(113)114)35-43-101(62-79(127)128)44-36-95(28-20-89)56-73(115)116)12-2-1-7-65(82(133)134)104(15-5-10-85-68(107)51-90-21-29-96(57-74(117)118)37-45-102(63-80(129)130)46-38-97(30-22-90)58-75(119)120)16-6-11-86-69(108)52-91-23-31-98(59-76(121)122)39-47-103(64-81(131)132)48-40-99(32-24-91)60-77(123)124/h65H,1-64H2,(H,83,105)(H,84,106)(H,85,107)(H,86,108)(H,109,110)(H,111,112)(H,113,114)(H,115,116)(H,117,118)(H,119,120)(H,121,122)(H,123,124)(H,125,126)(H,127,128)(H,129,130)(H,131,132)(H,133,134)/p-10. The summed E-state index contributed by atoms with van der Waals surface area (Å²) in [5.41, 5.74) is 0. The molecule has 4 fully saturated rings. The van der Waals surface area contributed by atoms with Gasteiger partial charge in [-0.3, -0.25) is 117 Å². The number of rotatable bonds is 55. The zero-order valence-electron chi connectivity index (χ0n) is 76.7. The van der Waals surface area contributed by atoms with E-state index in [0.29, 0.717) is 45.3 Å². The lowest BCUT2D eigenvalue weighted by molar-refractivity contribution is -0.308. The van der Waals surface area contributed by atoms with Crippen molar-refractivity contribution in [3.05, 3.63) is 0 Å². The van der Waals surface area contributed by atoms with Crippen molar-refractivity contribution in [1.82, 2.24) is 109 Å². The molecular formula is C82H136N22O30-10. The van der Waals surface area contributed by atoms with Gasteiger partial charge in [-0.1, -0.05) is 6.42 Å². The number of carbonyl (C=O) groups is 17. The van der Waals surface area contributed by atoms with E-state index in [1.54, 1.807) is 39.2 Å². The Kier molecular flexibility index (Phi) is 58.0. The Labute approximate surface area is 779 Å². The van der Waals surface area contributed by atoms with Crippen molar-refractivity contribution in [2.45, 2.75) is 51.0 Å². The molecule has 4 aliphatic rings. The first-order chi connectivity index (χ1) is 63.7. The summed E-state index contributed by atoms with van der Waals surface area (Å²) in [6.45, 7) is -2.35. The molecule has 4 rings (SSSR count). The summed E-state index contributed by atoms with van der Waals surface area (Å²) >= 11 is 0. The first-order valence-electron chi connectivity index (χ1n) is 45.5. The summed E-state index contributed by atoms with van der Waals surface area (Å²) in [5.74, 6) is -19.3. The van der Waals surface area contributed by atoms with E-state index in [4.69, 9.17) is 0 Å². The Bertz CT molecular complexity index is 3330. The minimum atomic E-state index is -1.41. The third kappa shape index (κ3) is 57.2. The van der Waals surface area contributed by atoms with Crippen molar-refractivity contribution in [2.75, 3.05) is 373 Å². The van der Waals surface area contributed by atoms with Crippen LogP contribution in [0.1, 0.15) is 44.9 Å². The molecule has 4 amide bonds. The maximum absolute atomic E-state index is 13.9. The Morgan fingerprint density at radius 3 is 0.515 bits per heavy atom. The van der Waals surface area contributed by atoms with Crippen LogP contribution in [0.25, 0.3) is 0 Å². The molecule has 4 heterocycles. The smallest absolute Gasteiger partial charge is 0.320 e. The van der Waals surface area contributed by atoms with E-state index in [9.17, 15) is 148 Å². The fraction of sp³-hybridized carbons (Fsp3) is 0.793. The summed E-state index contributed by atoms with van der Waals surface area (Å²) in [6, 6.07) is -1.17. The molecule has 0 saturated carbocycles. The van der Waals surface area contributed by atoms with Gasteiger partial charge in [-0.2, -0.15) is 0 Å². The van der Waals surface area contributed by atoms with Crippen molar-refractivity contribution in [2.24, 2.45) is 0 Å². The number of nitrogens with zero attached hydrogens (tertiary/aromatic N) is 18. The van der Waals surface area contributed by atoms with E-state index >= 15 is 0 Å². The molecule has 7 N–H and O–H groups in total. The fourth-order valence-electron chi connectivity index (χ4n) is 16.1. The SMILES string of the molecule is O=C([O-])CN1CCN(CC(=O)[O-])CCN(CC(=O)NCCCN(CCCCC(C(=O)O)N(CCCNC(=O)CN2CCN(CC(=O)[O-])CCN(CC(=O)[O-])CCN(CC(=O)[O-])CC2)CCCNC(=O)CN2CCN(CC(=O)[O-])CCN(CC(=O)[O-])CCN(CC(=O)[O-])CC2)CCCNC(=O)CN2CCN(CC(=O)[O-])CCN(CC(=O)O)CCN(CC(=O)O)CC2)CCN(CC(=O)[O-])CC1. The predicted molar refractivity (Wildman–Crippen MR) is 452 cm³/mol. The highest BCUT2D eigenvalue weighted by atomic mass is 16.4. The Morgan fingerprint density at radius 1 is 0.209 bits per heavy atom. The van der Waals surface area contributed by atoms with Crippen LogP contribution in [0, 0.1) is 0 Å². The van der Waals surface area contributed by atoms with Crippen LogP contribution in [0.5, 0.6) is 0 Å². The molecule has 52 nitrogen and oxygen atoms in total. The molecule has 4 saturated heterocycles. The van der Waals surface area contributed by atoms with Gasteiger partial charge in [0.2, 0.25) is 23.6 Å². The third-order valence-electron chi connectivity index (χ3n) is 23.2. The second-order valence-electron chi connectivity index (χ2n) is 34.0. The van der Waals surface area contributed by atoms with Crippen molar-refractivity contribution in [1.29, 1.82) is 0 Å². The molecule has 1 unspecified atom stereocenters. The number of hydrogen-bond donors (Lipinski definition) is 7. The van der Waals surface area contributed by atoms with Gasteiger partial charge in [-0.05, 0) is 58.2 Å². The Morgan fingerprint density at radius 2 is 0.358 bits per heavy atom. The van der Waals surface area contributed by atoms with Crippen molar-refractivity contribution in [3.63, 3.8) is 0 Å². The van der Waals surface area contributed by atoms with E-state index in [0.717, 1.165) is 0 Å². The topological polar surface area (TPSA) is 688 Å². The van der Waals surface area contributed by atoms with Crippen LogP contribution in [-0.2, 0) is 81.5 Å². The quantitative estimate of drug-likeness (QED) is 0.0278. The molecule has 52 heteroatoms. The van der Waals surface area contributed by atoms with Gasteiger partial charge < -0.3 is 140 Å². The van der Waals surface area contributed by atoms with Crippen LogP contribution in [0.15, 0.2) is 0 Å². The molecule has 0 aromatic rings. The number of carboxylic acids is 13. The minimum absolute atomic E-state index is 0.000882. The maximum atomic E-state index is 13.9. The number of nitrogens with one attached hydrogen (secondary N) is 4. The summed E-state index contributed by atoms with van der Waals surface area (Å²) < 4.78 is 0. The second-order valence-corrected chi connectivity index (χ2v) is 34.0. The highest BCUT2D eigenvalue weighted by Gasteiger charge is 2.29. The molecule has 0 radical (unpaired) electrons. The summed E-state index contributed by atoms with van der Waals surface area (Å²) in [5, 5.41) is 160. The number of aliphatic carboxylic acids is 13. The zero-order chi connectivity index (χ0) is 98.9. The lowest BCUT2D eigenvalue weighted by atomic mass is 10.1. The van der Waals surface area contributed by atoms with Crippen LogP contribution in [0.3, 0.4) is 0 Å². The van der Waals surface area contributed by atoms with Crippen LogP contribution < -0.4 is 72.3 Å². The lowest BCUT2D eigenvalue weighted by Crippen LogP contribution is -2.52. The van der Waals surface area contributed by atoms with E-state index in [1.807, 2.05) is 0 Å². The average molecular weight is 1910 g/mol. The summed E-state index contributed by atoms with van der Waals surface area (Å²) in [7, 11) is 0. The van der Waals surface area contributed by atoms with Gasteiger partial charge in [0.05, 0.1) is 99.0 Å². The van der Waals surface area contributed by atoms with Gasteiger partial charge in [0.1, 0.15) is 6.04 Å². The number of amides is 4. The second kappa shape index (κ2) is 66.7. The number of hydrogen-bond acceptors (Lipinski definition) is 45. The number of unbranched alkanes of at least 4 members (excludes halogenated alkanes) is 1. The molecule has 0 aromatic heterocycles. The first-order valence-corrected chi connectivity index (χ1v) is 45.5. The van der Waals surface area contributed by atoms with E-state index in [2.05, 4.69) is 26.2 Å². The molecule has 764 valence electrons. The molecule has 1 atom stereocenters. The van der Waals surface area contributed by atoms with Gasteiger partial charge in [0.15, 0.2) is 0 Å². The van der Waals surface area contributed by atoms with E-state index in [1.165, 1.54) is 44.1 Å². The Hall–Kier alpha value is -9.73. The minimum Gasteiger partial charge on any atom is -0.549 e. The fourth-order valence-corrected chi connectivity index (χ4v) is 16.1. The lowest BCUT2D eigenvalue weighted by Gasteiger charge is -2.34. The van der Waals surface area contributed by atoms with E-state index < -0.39 is 173 Å². The van der Waals surface area contributed by atoms with Crippen LogP contribution >= 0.6 is 0 Å². The van der Waals surface area contributed by atoms with E-state index in [-0.39, 0.29) is 307 Å². The number of carboxylic acid groups (broad SMARTS) is 13. The van der Waals surface area contributed by atoms with Crippen molar-refractivity contribution < 1.29 is 148 Å². The summed E-state index contributed by atoms with van der Waals surface area (Å²) in [4.78, 5) is 240. The van der Waals surface area contributed by atoms with Gasteiger partial charge >= 0.3 is 17.9 Å². The normalized spacial score (nSPS) is 18.8. The monoisotopic (exact) mass is 1910 g/mol. The third-order valence-corrected chi connectivity index (χ3v) is 23.2. The molecule has 0 aliphatic carbocycles. The zero-order valence-corrected chi connectivity index (χ0v) is 76.7. The van der Waals surface area contributed by atoms with Crippen LogP contribution in [0.4, 0.5) is 0 Å². The van der Waals surface area contributed by atoms with Crippen LogP contribution in [0.2, 0.25) is 0 Å². The molecular weight excluding hydrogens is 1770 g/mol. The van der Waals surface area contributed by atoms with Gasteiger partial charge in [0, 0.05) is 314 Å². The van der Waals surface area contributed by atoms with Gasteiger partial charge in [-0.15, -0.1) is 0 Å². The van der Waals surface area contributed by atoms with Gasteiger partial charge in [0.25, 0.3) is 0 Å². The molecule has 134 heavy (non-hydrogen) atoms.